The van der Waals surface area contributed by atoms with E-state index in [0.29, 0.717) is 23.8 Å². The number of carbonyl (C=O) groups excluding carboxylic acids is 1. The molecule has 0 atom stereocenters. The minimum Gasteiger partial charge on any atom is -0.492 e. The fourth-order valence-electron chi connectivity index (χ4n) is 3.40. The van der Waals surface area contributed by atoms with Crippen LogP contribution in [0, 0.1) is 0 Å². The SMILES string of the molecule is CCOc1cccc2sc(N(Cc3ccccc3)C(=O)c3ccc(OC(C)C)cc3)nc12. The minimum atomic E-state index is -0.109. The average Bonchev–Trinajstić information content (AvgIpc) is 3.23. The van der Waals surface area contributed by atoms with Crippen molar-refractivity contribution < 1.29 is 14.3 Å². The Morgan fingerprint density at radius 1 is 1.00 bits per heavy atom. The summed E-state index contributed by atoms with van der Waals surface area (Å²) in [6.45, 7) is 6.88. The molecule has 0 bridgehead atoms. The van der Waals surface area contributed by atoms with Gasteiger partial charge in [0.05, 0.1) is 24.0 Å². The van der Waals surface area contributed by atoms with Crippen LogP contribution in [0.2, 0.25) is 0 Å². The lowest BCUT2D eigenvalue weighted by molar-refractivity contribution is 0.0985. The largest absolute Gasteiger partial charge is 0.492 e. The molecule has 0 spiro atoms. The predicted octanol–water partition coefficient (Wildman–Crippen LogP) is 6.33. The summed E-state index contributed by atoms with van der Waals surface area (Å²) in [5.74, 6) is 1.37. The lowest BCUT2D eigenvalue weighted by Gasteiger charge is -2.20. The number of nitrogens with zero attached hydrogens (tertiary/aromatic N) is 2. The van der Waals surface area contributed by atoms with E-state index in [4.69, 9.17) is 14.5 Å². The van der Waals surface area contributed by atoms with Crippen LogP contribution in [0.5, 0.6) is 11.5 Å². The van der Waals surface area contributed by atoms with Gasteiger partial charge < -0.3 is 9.47 Å². The first-order valence-electron chi connectivity index (χ1n) is 10.7. The molecule has 0 saturated carbocycles. The molecule has 4 rings (SSSR count). The van der Waals surface area contributed by atoms with Crippen molar-refractivity contribution in [3.05, 3.63) is 83.9 Å². The van der Waals surface area contributed by atoms with Crippen LogP contribution in [0.4, 0.5) is 5.13 Å². The number of anilines is 1. The van der Waals surface area contributed by atoms with Gasteiger partial charge in [0.15, 0.2) is 5.13 Å². The van der Waals surface area contributed by atoms with Gasteiger partial charge in [0.1, 0.15) is 17.0 Å². The molecule has 6 heteroatoms. The number of rotatable bonds is 8. The third-order valence-corrected chi connectivity index (χ3v) is 5.85. The first kappa shape index (κ1) is 21.8. The molecule has 32 heavy (non-hydrogen) atoms. The van der Waals surface area contributed by atoms with E-state index in [9.17, 15) is 4.79 Å². The Balaban J connectivity index is 1.71. The Bertz CT molecular complexity index is 1190. The Morgan fingerprint density at radius 2 is 1.75 bits per heavy atom. The van der Waals surface area contributed by atoms with Crippen LogP contribution in [0.25, 0.3) is 10.2 Å². The Kier molecular flexibility index (Phi) is 6.71. The zero-order chi connectivity index (χ0) is 22.5. The standard InChI is InChI=1S/C26H26N2O3S/c1-4-30-22-11-8-12-23-24(22)27-26(32-23)28(17-19-9-6-5-7-10-19)25(29)20-13-15-21(16-14-20)31-18(2)3/h5-16,18H,4,17H2,1-3H3. The molecule has 0 radical (unpaired) electrons. The van der Waals surface area contributed by atoms with Crippen molar-refractivity contribution in [1.29, 1.82) is 0 Å². The van der Waals surface area contributed by atoms with E-state index in [1.807, 2.05) is 81.4 Å². The smallest absolute Gasteiger partial charge is 0.260 e. The number of fused-ring (bicyclic) bond motifs is 1. The molecular formula is C26H26N2O3S. The number of thiazole rings is 1. The maximum absolute atomic E-state index is 13.6. The second-order valence-corrected chi connectivity index (χ2v) is 8.61. The highest BCUT2D eigenvalue weighted by atomic mass is 32.1. The van der Waals surface area contributed by atoms with Crippen LogP contribution in [-0.2, 0) is 6.54 Å². The van der Waals surface area contributed by atoms with Crippen LogP contribution in [0.3, 0.4) is 0 Å². The second kappa shape index (κ2) is 9.83. The van der Waals surface area contributed by atoms with E-state index >= 15 is 0 Å². The zero-order valence-corrected chi connectivity index (χ0v) is 19.3. The summed E-state index contributed by atoms with van der Waals surface area (Å²) in [7, 11) is 0. The molecule has 1 aromatic heterocycles. The number of aromatic nitrogens is 1. The number of hydrogen-bond acceptors (Lipinski definition) is 5. The maximum Gasteiger partial charge on any atom is 0.260 e. The van der Waals surface area contributed by atoms with Gasteiger partial charge in [0.2, 0.25) is 0 Å². The molecule has 0 aliphatic carbocycles. The van der Waals surface area contributed by atoms with Crippen molar-refractivity contribution in [3.63, 3.8) is 0 Å². The van der Waals surface area contributed by atoms with E-state index < -0.39 is 0 Å². The van der Waals surface area contributed by atoms with Crippen LogP contribution < -0.4 is 14.4 Å². The molecule has 164 valence electrons. The first-order valence-corrected chi connectivity index (χ1v) is 11.5. The van der Waals surface area contributed by atoms with Crippen LogP contribution in [0.1, 0.15) is 36.7 Å². The summed E-state index contributed by atoms with van der Waals surface area (Å²) < 4.78 is 12.4. The van der Waals surface area contributed by atoms with Crippen molar-refractivity contribution >= 4 is 32.6 Å². The van der Waals surface area contributed by atoms with Gasteiger partial charge in [-0.25, -0.2) is 4.98 Å². The first-order chi connectivity index (χ1) is 15.5. The monoisotopic (exact) mass is 446 g/mol. The van der Waals surface area contributed by atoms with E-state index in [-0.39, 0.29) is 12.0 Å². The lowest BCUT2D eigenvalue weighted by Crippen LogP contribution is -2.30. The van der Waals surface area contributed by atoms with E-state index in [2.05, 4.69) is 0 Å². The minimum absolute atomic E-state index is 0.0772. The summed E-state index contributed by atoms with van der Waals surface area (Å²) in [6, 6.07) is 23.1. The van der Waals surface area contributed by atoms with Gasteiger partial charge in [0, 0.05) is 5.56 Å². The van der Waals surface area contributed by atoms with Gasteiger partial charge in [-0.2, -0.15) is 0 Å². The maximum atomic E-state index is 13.6. The molecule has 1 amide bonds. The number of ether oxygens (including phenoxy) is 2. The van der Waals surface area contributed by atoms with Crippen LogP contribution in [-0.4, -0.2) is 23.6 Å². The van der Waals surface area contributed by atoms with Gasteiger partial charge in [-0.1, -0.05) is 47.7 Å². The Labute approximate surface area is 192 Å². The number of amides is 1. The fourth-order valence-corrected chi connectivity index (χ4v) is 4.38. The van der Waals surface area contributed by atoms with Crippen molar-refractivity contribution in [2.24, 2.45) is 0 Å². The van der Waals surface area contributed by atoms with Crippen LogP contribution in [0.15, 0.2) is 72.8 Å². The Hall–Kier alpha value is -3.38. The van der Waals surface area contributed by atoms with Gasteiger partial charge in [-0.05, 0) is 62.7 Å². The van der Waals surface area contributed by atoms with Crippen molar-refractivity contribution in [2.45, 2.75) is 33.4 Å². The molecule has 0 N–H and O–H groups in total. The highest BCUT2D eigenvalue weighted by Crippen LogP contribution is 2.35. The van der Waals surface area contributed by atoms with Gasteiger partial charge in [-0.3, -0.25) is 9.69 Å². The third-order valence-electron chi connectivity index (χ3n) is 4.80. The predicted molar refractivity (Wildman–Crippen MR) is 130 cm³/mol. The number of hydrogen-bond donors (Lipinski definition) is 0. The molecule has 0 saturated heterocycles. The average molecular weight is 447 g/mol. The van der Waals surface area contributed by atoms with Gasteiger partial charge in [-0.15, -0.1) is 0 Å². The quantitative estimate of drug-likeness (QED) is 0.317. The number of carbonyl (C=O) groups is 1. The van der Waals surface area contributed by atoms with Crippen molar-refractivity contribution in [2.75, 3.05) is 11.5 Å². The zero-order valence-electron chi connectivity index (χ0n) is 18.4. The van der Waals surface area contributed by atoms with Crippen LogP contribution >= 0.6 is 11.3 Å². The van der Waals surface area contributed by atoms with Gasteiger partial charge in [0.25, 0.3) is 5.91 Å². The molecule has 0 fully saturated rings. The van der Waals surface area contributed by atoms with Gasteiger partial charge >= 0.3 is 0 Å². The topological polar surface area (TPSA) is 51.7 Å². The lowest BCUT2D eigenvalue weighted by atomic mass is 10.1. The molecule has 4 aromatic rings. The highest BCUT2D eigenvalue weighted by Gasteiger charge is 2.23. The van der Waals surface area contributed by atoms with E-state index in [1.165, 1.54) is 11.3 Å². The Morgan fingerprint density at radius 3 is 2.44 bits per heavy atom. The van der Waals surface area contributed by atoms with E-state index in [0.717, 1.165) is 27.3 Å². The van der Waals surface area contributed by atoms with Crippen molar-refractivity contribution in [3.8, 4) is 11.5 Å². The molecule has 0 unspecified atom stereocenters. The fraction of sp³-hybridized carbons (Fsp3) is 0.231. The summed E-state index contributed by atoms with van der Waals surface area (Å²) >= 11 is 1.49. The molecule has 3 aromatic carbocycles. The highest BCUT2D eigenvalue weighted by molar-refractivity contribution is 7.22. The molecular weight excluding hydrogens is 420 g/mol. The summed E-state index contributed by atoms with van der Waals surface area (Å²) in [6.07, 6.45) is 0.0772. The number of para-hydroxylation sites is 1. The molecule has 1 heterocycles. The summed E-state index contributed by atoms with van der Waals surface area (Å²) in [4.78, 5) is 20.1. The molecule has 0 aliphatic rings. The normalized spacial score (nSPS) is 11.0. The molecule has 5 nitrogen and oxygen atoms in total. The van der Waals surface area contributed by atoms with Crippen molar-refractivity contribution in [1.82, 2.24) is 4.98 Å². The summed E-state index contributed by atoms with van der Waals surface area (Å²) in [5, 5.41) is 0.642. The number of benzene rings is 3. The van der Waals surface area contributed by atoms with E-state index in [1.54, 1.807) is 17.0 Å². The summed E-state index contributed by atoms with van der Waals surface area (Å²) in [5.41, 5.74) is 2.40. The molecule has 0 aliphatic heterocycles. The second-order valence-electron chi connectivity index (χ2n) is 7.60. The third kappa shape index (κ3) is 4.92.